The van der Waals surface area contributed by atoms with Gasteiger partial charge >= 0.3 is 0 Å². The number of imide groups is 3. The smallest absolute Gasteiger partial charge is 0.267 e. The summed E-state index contributed by atoms with van der Waals surface area (Å²) in [6.45, 7) is 0. The van der Waals surface area contributed by atoms with Crippen molar-refractivity contribution in [2.24, 2.45) is 11.8 Å². The van der Waals surface area contributed by atoms with Gasteiger partial charge in [0.25, 0.3) is 5.91 Å². The molecule has 5 heteroatoms. The van der Waals surface area contributed by atoms with Crippen molar-refractivity contribution in [1.29, 1.82) is 0 Å². The second-order valence-electron chi connectivity index (χ2n) is 5.18. The van der Waals surface area contributed by atoms with Crippen molar-refractivity contribution in [2.45, 2.75) is 12.2 Å². The van der Waals surface area contributed by atoms with E-state index in [-0.39, 0.29) is 12.2 Å². The highest BCUT2D eigenvalue weighted by molar-refractivity contribution is 6.21. The van der Waals surface area contributed by atoms with Crippen molar-refractivity contribution in [3.63, 3.8) is 0 Å². The Balaban J connectivity index is 1.70. The summed E-state index contributed by atoms with van der Waals surface area (Å²) in [5.74, 6) is -2.50. The Morgan fingerprint density at radius 3 is 2.05 bits per heavy atom. The van der Waals surface area contributed by atoms with Crippen LogP contribution in [0.25, 0.3) is 0 Å². The number of ether oxygens (including phenoxy) is 1. The van der Waals surface area contributed by atoms with Crippen LogP contribution in [0.1, 0.15) is 10.4 Å². The Kier molecular flexibility index (Phi) is 2.23. The highest BCUT2D eigenvalue weighted by Gasteiger charge is 2.62. The predicted molar refractivity (Wildman–Crippen MR) is 67.4 cm³/mol. The minimum Gasteiger partial charge on any atom is -0.365 e. The molecule has 5 nitrogen and oxygen atoms in total. The van der Waals surface area contributed by atoms with Crippen LogP contribution in [0.2, 0.25) is 0 Å². The van der Waals surface area contributed by atoms with Gasteiger partial charge < -0.3 is 4.74 Å². The average molecular weight is 269 g/mol. The monoisotopic (exact) mass is 269 g/mol. The first kappa shape index (κ1) is 11.5. The SMILES string of the molecule is O=C(c1ccccc1)N1C(=O)C2C3C=CC(O3)C2C1=O. The van der Waals surface area contributed by atoms with E-state index in [0.717, 1.165) is 4.90 Å². The predicted octanol–water partition coefficient (Wildman–Crippen LogP) is 0.765. The Morgan fingerprint density at radius 2 is 1.50 bits per heavy atom. The van der Waals surface area contributed by atoms with Gasteiger partial charge in [0.1, 0.15) is 0 Å². The van der Waals surface area contributed by atoms with Crippen LogP contribution in [0.5, 0.6) is 0 Å². The van der Waals surface area contributed by atoms with E-state index >= 15 is 0 Å². The fourth-order valence-corrected chi connectivity index (χ4v) is 3.21. The first-order valence-electron chi connectivity index (χ1n) is 6.49. The number of likely N-dealkylation sites (tertiary alicyclic amines) is 1. The Labute approximate surface area is 114 Å². The van der Waals surface area contributed by atoms with Crippen LogP contribution in [-0.4, -0.2) is 34.8 Å². The number of hydrogen-bond donors (Lipinski definition) is 0. The van der Waals surface area contributed by atoms with E-state index in [1.165, 1.54) is 0 Å². The van der Waals surface area contributed by atoms with E-state index in [9.17, 15) is 14.4 Å². The molecule has 2 bridgehead atoms. The van der Waals surface area contributed by atoms with Crippen LogP contribution in [0.15, 0.2) is 42.5 Å². The molecule has 4 rings (SSSR count). The molecule has 2 fully saturated rings. The molecule has 0 radical (unpaired) electrons. The average Bonchev–Trinajstić information content (AvgIpc) is 3.14. The van der Waals surface area contributed by atoms with E-state index in [1.54, 1.807) is 42.5 Å². The molecule has 3 amide bonds. The van der Waals surface area contributed by atoms with E-state index < -0.39 is 29.6 Å². The zero-order valence-corrected chi connectivity index (χ0v) is 10.4. The molecule has 1 aromatic carbocycles. The molecule has 1 aromatic rings. The number of carbonyl (C=O) groups excluding carboxylic acids is 3. The third-order valence-electron chi connectivity index (χ3n) is 4.13. The van der Waals surface area contributed by atoms with Crippen molar-refractivity contribution in [3.8, 4) is 0 Å². The standard InChI is InChI=1S/C15H11NO4/c17-13(8-4-2-1-3-5-8)16-14(18)11-9-6-7-10(20-9)12(11)15(16)19/h1-7,9-12H. The molecule has 4 atom stereocenters. The van der Waals surface area contributed by atoms with E-state index in [0.29, 0.717) is 5.56 Å². The maximum absolute atomic E-state index is 12.4. The van der Waals surface area contributed by atoms with Gasteiger partial charge in [-0.25, -0.2) is 4.90 Å². The van der Waals surface area contributed by atoms with E-state index in [1.807, 2.05) is 0 Å². The molecule has 3 aliphatic heterocycles. The first-order chi connectivity index (χ1) is 9.68. The lowest BCUT2D eigenvalue weighted by atomic mass is 9.85. The van der Waals surface area contributed by atoms with Crippen molar-refractivity contribution in [1.82, 2.24) is 4.90 Å². The van der Waals surface area contributed by atoms with Gasteiger partial charge in [0, 0.05) is 5.56 Å². The summed E-state index contributed by atoms with van der Waals surface area (Å²) in [6.07, 6.45) is 2.87. The second-order valence-corrected chi connectivity index (χ2v) is 5.18. The topological polar surface area (TPSA) is 63.7 Å². The quantitative estimate of drug-likeness (QED) is 0.558. The van der Waals surface area contributed by atoms with Crippen molar-refractivity contribution < 1.29 is 19.1 Å². The molecule has 0 aromatic heterocycles. The molecule has 100 valence electrons. The maximum Gasteiger partial charge on any atom is 0.267 e. The number of hydrogen-bond acceptors (Lipinski definition) is 4. The second kappa shape index (κ2) is 3.86. The van der Waals surface area contributed by atoms with Gasteiger partial charge in [0.15, 0.2) is 0 Å². The molecule has 4 unspecified atom stereocenters. The number of amides is 3. The fraction of sp³-hybridized carbons (Fsp3) is 0.267. The summed E-state index contributed by atoms with van der Waals surface area (Å²) in [7, 11) is 0. The normalized spacial score (nSPS) is 33.9. The van der Waals surface area contributed by atoms with E-state index in [4.69, 9.17) is 4.74 Å². The van der Waals surface area contributed by atoms with Gasteiger partial charge in [-0.2, -0.15) is 0 Å². The lowest BCUT2D eigenvalue weighted by molar-refractivity contribution is -0.138. The van der Waals surface area contributed by atoms with Crippen LogP contribution >= 0.6 is 0 Å². The zero-order valence-electron chi connectivity index (χ0n) is 10.4. The maximum atomic E-state index is 12.4. The Morgan fingerprint density at radius 1 is 0.950 bits per heavy atom. The molecule has 0 saturated carbocycles. The van der Waals surface area contributed by atoms with Gasteiger partial charge in [-0.1, -0.05) is 30.4 Å². The van der Waals surface area contributed by atoms with Gasteiger partial charge in [0.05, 0.1) is 24.0 Å². The summed E-state index contributed by atoms with van der Waals surface area (Å²) >= 11 is 0. The molecule has 0 aliphatic carbocycles. The summed E-state index contributed by atoms with van der Waals surface area (Å²) in [6, 6.07) is 8.37. The lowest BCUT2D eigenvalue weighted by Crippen LogP contribution is -2.39. The van der Waals surface area contributed by atoms with Gasteiger partial charge in [-0.15, -0.1) is 0 Å². The zero-order chi connectivity index (χ0) is 13.9. The number of nitrogens with zero attached hydrogens (tertiary/aromatic N) is 1. The first-order valence-corrected chi connectivity index (χ1v) is 6.49. The van der Waals surface area contributed by atoms with Gasteiger partial charge in [0.2, 0.25) is 11.8 Å². The third-order valence-corrected chi connectivity index (χ3v) is 4.13. The Hall–Kier alpha value is -2.27. The minimum absolute atomic E-state index is 0.343. The third kappa shape index (κ3) is 1.33. The molecular formula is C15H11NO4. The molecule has 2 saturated heterocycles. The van der Waals surface area contributed by atoms with E-state index in [2.05, 4.69) is 0 Å². The van der Waals surface area contributed by atoms with Crippen LogP contribution in [0.4, 0.5) is 0 Å². The number of carbonyl (C=O) groups is 3. The molecule has 0 spiro atoms. The highest BCUT2D eigenvalue weighted by atomic mass is 16.5. The van der Waals surface area contributed by atoms with Crippen LogP contribution in [0, 0.1) is 11.8 Å². The summed E-state index contributed by atoms with van der Waals surface area (Å²) in [5, 5.41) is 0. The van der Waals surface area contributed by atoms with Crippen LogP contribution in [0.3, 0.4) is 0 Å². The summed E-state index contributed by atoms with van der Waals surface area (Å²) in [5.41, 5.74) is 0.343. The van der Waals surface area contributed by atoms with Gasteiger partial charge in [-0.3, -0.25) is 14.4 Å². The van der Waals surface area contributed by atoms with Crippen molar-refractivity contribution in [2.75, 3.05) is 0 Å². The molecule has 3 heterocycles. The lowest BCUT2D eigenvalue weighted by Gasteiger charge is -2.15. The molecule has 20 heavy (non-hydrogen) atoms. The summed E-state index contributed by atoms with van der Waals surface area (Å²) in [4.78, 5) is 37.9. The minimum atomic E-state index is -0.547. The van der Waals surface area contributed by atoms with Crippen LogP contribution < -0.4 is 0 Å². The number of fused-ring (bicyclic) bond motifs is 5. The molecular weight excluding hydrogens is 258 g/mol. The fourth-order valence-electron chi connectivity index (χ4n) is 3.21. The largest absolute Gasteiger partial charge is 0.365 e. The number of benzene rings is 1. The van der Waals surface area contributed by atoms with Crippen molar-refractivity contribution >= 4 is 17.7 Å². The van der Waals surface area contributed by atoms with Gasteiger partial charge in [-0.05, 0) is 12.1 Å². The molecule has 3 aliphatic rings. The van der Waals surface area contributed by atoms with Crippen LogP contribution in [-0.2, 0) is 14.3 Å². The van der Waals surface area contributed by atoms with Crippen molar-refractivity contribution in [3.05, 3.63) is 48.0 Å². The number of rotatable bonds is 1. The summed E-state index contributed by atoms with van der Waals surface area (Å²) < 4.78 is 5.52. The highest BCUT2D eigenvalue weighted by Crippen LogP contribution is 2.45. The Bertz CT molecular complexity index is 621. The molecule has 0 N–H and O–H groups in total.